The number of aromatic nitrogens is 1. The van der Waals surface area contributed by atoms with Crippen molar-refractivity contribution >= 4 is 22.8 Å². The number of rotatable bonds is 6. The molecule has 0 aliphatic rings. The minimum atomic E-state index is -0.921. The molecule has 112 valence electrons. The lowest BCUT2D eigenvalue weighted by Gasteiger charge is -2.23. The van der Waals surface area contributed by atoms with Crippen LogP contribution in [0.1, 0.15) is 25.8 Å². The molecule has 0 spiro atoms. The van der Waals surface area contributed by atoms with E-state index in [0.717, 1.165) is 16.5 Å². The maximum absolute atomic E-state index is 12.0. The third-order valence-corrected chi connectivity index (χ3v) is 4.00. The van der Waals surface area contributed by atoms with Gasteiger partial charge in [0.25, 0.3) is 0 Å². The van der Waals surface area contributed by atoms with Gasteiger partial charge in [-0.2, -0.15) is 0 Å². The van der Waals surface area contributed by atoms with Gasteiger partial charge in [0.1, 0.15) is 0 Å². The topological polar surface area (TPSA) is 82.2 Å². The lowest BCUT2D eigenvalue weighted by molar-refractivity contribution is -0.148. The van der Waals surface area contributed by atoms with E-state index in [0.29, 0.717) is 6.42 Å². The number of fused-ring (bicyclic) bond motifs is 1. The standard InChI is InChI=1S/C16H20N2O3/c1-3-16(2,15(20)21)10-18-14(19)8-11-9-17-13-7-5-4-6-12(11)13/h4-7,9,17H,3,8,10H2,1-2H3,(H,18,19)(H,20,21). The molecular weight excluding hydrogens is 268 g/mol. The van der Waals surface area contributed by atoms with Gasteiger partial charge in [-0.15, -0.1) is 0 Å². The number of carboxylic acid groups (broad SMARTS) is 1. The summed E-state index contributed by atoms with van der Waals surface area (Å²) in [7, 11) is 0. The normalized spacial score (nSPS) is 13.8. The first-order chi connectivity index (χ1) is 9.96. The van der Waals surface area contributed by atoms with Crippen molar-refractivity contribution in [3.05, 3.63) is 36.0 Å². The summed E-state index contributed by atoms with van der Waals surface area (Å²) in [5, 5.41) is 12.9. The Morgan fingerprint density at radius 2 is 2.05 bits per heavy atom. The van der Waals surface area contributed by atoms with Crippen molar-refractivity contribution < 1.29 is 14.7 Å². The average molecular weight is 288 g/mol. The van der Waals surface area contributed by atoms with Crippen LogP contribution < -0.4 is 5.32 Å². The van der Waals surface area contributed by atoms with Crippen molar-refractivity contribution in [3.63, 3.8) is 0 Å². The third kappa shape index (κ3) is 3.24. The Labute approximate surface area is 123 Å². The Morgan fingerprint density at radius 1 is 1.33 bits per heavy atom. The number of aliphatic carboxylic acids is 1. The molecule has 5 heteroatoms. The first-order valence-electron chi connectivity index (χ1n) is 7.01. The number of amides is 1. The molecule has 5 nitrogen and oxygen atoms in total. The number of hydrogen-bond acceptors (Lipinski definition) is 2. The van der Waals surface area contributed by atoms with Crippen LogP contribution in [0.25, 0.3) is 10.9 Å². The number of aromatic amines is 1. The molecular formula is C16H20N2O3. The second-order valence-corrected chi connectivity index (χ2v) is 5.53. The summed E-state index contributed by atoms with van der Waals surface area (Å²) in [5.74, 6) is -1.06. The summed E-state index contributed by atoms with van der Waals surface area (Å²) in [4.78, 5) is 26.3. The first kappa shape index (κ1) is 15.1. The molecule has 0 aliphatic carbocycles. The highest BCUT2D eigenvalue weighted by Gasteiger charge is 2.31. The van der Waals surface area contributed by atoms with E-state index in [1.165, 1.54) is 0 Å². The SMILES string of the molecule is CCC(C)(CNC(=O)Cc1c[nH]c2ccccc12)C(=O)O. The highest BCUT2D eigenvalue weighted by Crippen LogP contribution is 2.21. The Bertz CT molecular complexity index is 662. The van der Waals surface area contributed by atoms with Crippen molar-refractivity contribution in [3.8, 4) is 0 Å². The van der Waals surface area contributed by atoms with Crippen molar-refractivity contribution in [1.29, 1.82) is 0 Å². The van der Waals surface area contributed by atoms with Crippen LogP contribution in [0.3, 0.4) is 0 Å². The summed E-state index contributed by atoms with van der Waals surface area (Å²) >= 11 is 0. The minimum Gasteiger partial charge on any atom is -0.481 e. The summed E-state index contributed by atoms with van der Waals surface area (Å²) < 4.78 is 0. The van der Waals surface area contributed by atoms with Gasteiger partial charge in [-0.1, -0.05) is 25.1 Å². The molecule has 1 aromatic heterocycles. The molecule has 0 radical (unpaired) electrons. The van der Waals surface area contributed by atoms with E-state index in [9.17, 15) is 14.7 Å². The molecule has 1 atom stereocenters. The Hall–Kier alpha value is -2.30. The second-order valence-electron chi connectivity index (χ2n) is 5.53. The largest absolute Gasteiger partial charge is 0.481 e. The van der Waals surface area contributed by atoms with Crippen LogP contribution in [-0.2, 0) is 16.0 Å². The smallest absolute Gasteiger partial charge is 0.311 e. The van der Waals surface area contributed by atoms with Crippen LogP contribution in [0, 0.1) is 5.41 Å². The molecule has 0 bridgehead atoms. The van der Waals surface area contributed by atoms with E-state index >= 15 is 0 Å². The molecule has 1 unspecified atom stereocenters. The van der Waals surface area contributed by atoms with Gasteiger partial charge in [0.05, 0.1) is 11.8 Å². The molecule has 0 saturated carbocycles. The van der Waals surface area contributed by atoms with Gasteiger partial charge in [0.2, 0.25) is 5.91 Å². The molecule has 0 fully saturated rings. The summed E-state index contributed by atoms with van der Waals surface area (Å²) in [6.45, 7) is 3.58. The summed E-state index contributed by atoms with van der Waals surface area (Å²) in [6, 6.07) is 7.77. The van der Waals surface area contributed by atoms with Gasteiger partial charge in [-0.3, -0.25) is 9.59 Å². The van der Waals surface area contributed by atoms with Crippen molar-refractivity contribution in [1.82, 2.24) is 10.3 Å². The summed E-state index contributed by atoms with van der Waals surface area (Å²) in [6.07, 6.45) is 2.53. The number of nitrogens with one attached hydrogen (secondary N) is 2. The third-order valence-electron chi connectivity index (χ3n) is 4.00. The van der Waals surface area contributed by atoms with Gasteiger partial charge in [-0.25, -0.2) is 0 Å². The molecule has 3 N–H and O–H groups in total. The number of carboxylic acids is 1. The van der Waals surface area contributed by atoms with Crippen LogP contribution >= 0.6 is 0 Å². The van der Waals surface area contributed by atoms with Crippen LogP contribution in [0.5, 0.6) is 0 Å². The number of H-pyrrole nitrogens is 1. The van der Waals surface area contributed by atoms with Crippen LogP contribution in [0.4, 0.5) is 0 Å². The number of benzene rings is 1. The molecule has 2 aromatic rings. The molecule has 1 amide bonds. The first-order valence-corrected chi connectivity index (χ1v) is 7.01. The van der Waals surface area contributed by atoms with Crippen molar-refractivity contribution in [2.75, 3.05) is 6.54 Å². The van der Waals surface area contributed by atoms with E-state index in [-0.39, 0.29) is 18.9 Å². The molecule has 0 saturated heterocycles. The zero-order valence-electron chi connectivity index (χ0n) is 12.3. The van der Waals surface area contributed by atoms with Crippen LogP contribution in [0.15, 0.2) is 30.5 Å². The molecule has 1 heterocycles. The fourth-order valence-corrected chi connectivity index (χ4v) is 2.16. The number of carbonyl (C=O) groups excluding carboxylic acids is 1. The zero-order valence-corrected chi connectivity index (χ0v) is 12.3. The van der Waals surface area contributed by atoms with Gasteiger partial charge in [0.15, 0.2) is 0 Å². The van der Waals surface area contributed by atoms with Crippen LogP contribution in [-0.4, -0.2) is 28.5 Å². The second kappa shape index (κ2) is 5.99. The number of hydrogen-bond donors (Lipinski definition) is 3. The zero-order chi connectivity index (χ0) is 15.5. The fourth-order valence-electron chi connectivity index (χ4n) is 2.16. The Kier molecular flexibility index (Phi) is 4.31. The number of para-hydroxylation sites is 1. The summed E-state index contributed by atoms with van der Waals surface area (Å²) in [5.41, 5.74) is 0.983. The Balaban J connectivity index is 2.01. The highest BCUT2D eigenvalue weighted by molar-refractivity contribution is 5.89. The van der Waals surface area contributed by atoms with E-state index in [1.807, 2.05) is 30.5 Å². The highest BCUT2D eigenvalue weighted by atomic mass is 16.4. The van der Waals surface area contributed by atoms with Gasteiger partial charge < -0.3 is 15.4 Å². The van der Waals surface area contributed by atoms with Crippen molar-refractivity contribution in [2.45, 2.75) is 26.7 Å². The number of carbonyl (C=O) groups is 2. The fraction of sp³-hybridized carbons (Fsp3) is 0.375. The lowest BCUT2D eigenvalue weighted by Crippen LogP contribution is -2.41. The maximum Gasteiger partial charge on any atom is 0.311 e. The van der Waals surface area contributed by atoms with Gasteiger partial charge in [0, 0.05) is 23.6 Å². The predicted molar refractivity (Wildman–Crippen MR) is 81.0 cm³/mol. The maximum atomic E-state index is 12.0. The monoisotopic (exact) mass is 288 g/mol. The lowest BCUT2D eigenvalue weighted by atomic mass is 9.87. The molecule has 2 rings (SSSR count). The quantitative estimate of drug-likeness (QED) is 0.763. The van der Waals surface area contributed by atoms with Crippen LogP contribution in [0.2, 0.25) is 0 Å². The molecule has 1 aromatic carbocycles. The van der Waals surface area contributed by atoms with E-state index in [4.69, 9.17) is 0 Å². The minimum absolute atomic E-state index is 0.139. The van der Waals surface area contributed by atoms with Gasteiger partial charge >= 0.3 is 5.97 Å². The Morgan fingerprint density at radius 3 is 2.71 bits per heavy atom. The molecule has 21 heavy (non-hydrogen) atoms. The van der Waals surface area contributed by atoms with E-state index < -0.39 is 11.4 Å². The molecule has 0 aliphatic heterocycles. The van der Waals surface area contributed by atoms with E-state index in [1.54, 1.807) is 13.8 Å². The van der Waals surface area contributed by atoms with Gasteiger partial charge in [-0.05, 0) is 25.0 Å². The van der Waals surface area contributed by atoms with E-state index in [2.05, 4.69) is 10.3 Å². The predicted octanol–water partition coefficient (Wildman–Crippen LogP) is 2.33. The van der Waals surface area contributed by atoms with Crippen molar-refractivity contribution in [2.24, 2.45) is 5.41 Å². The average Bonchev–Trinajstić information content (AvgIpc) is 2.88.